The Balaban J connectivity index is 1.54. The molecule has 0 bridgehead atoms. The Bertz CT molecular complexity index is 1860. The van der Waals surface area contributed by atoms with Gasteiger partial charge in [-0.15, -0.1) is 0 Å². The second-order valence-corrected chi connectivity index (χ2v) is 9.89. The number of aliphatic imine (C=N–C) groups is 1. The van der Waals surface area contributed by atoms with Crippen LogP contribution in [0.4, 0.5) is 8.78 Å². The summed E-state index contributed by atoms with van der Waals surface area (Å²) in [6.45, 7) is 3.25. The van der Waals surface area contributed by atoms with Crippen molar-refractivity contribution in [2.24, 2.45) is 10.7 Å². The number of ether oxygens (including phenoxy) is 4. The van der Waals surface area contributed by atoms with Crippen molar-refractivity contribution >= 4 is 23.7 Å². The minimum absolute atomic E-state index is 0.0117. The lowest BCUT2D eigenvalue weighted by atomic mass is 10.2. The summed E-state index contributed by atoms with van der Waals surface area (Å²) in [6, 6.07) is 16.6. The van der Waals surface area contributed by atoms with Crippen molar-refractivity contribution in [1.82, 2.24) is 9.88 Å². The minimum atomic E-state index is -1.35. The number of rotatable bonds is 11. The van der Waals surface area contributed by atoms with Gasteiger partial charge in [0, 0.05) is 30.8 Å². The van der Waals surface area contributed by atoms with Gasteiger partial charge in [-0.2, -0.15) is 13.8 Å². The molecule has 236 valence electrons. The van der Waals surface area contributed by atoms with E-state index in [1.165, 1.54) is 42.5 Å². The zero-order chi connectivity index (χ0) is 32.8. The highest BCUT2D eigenvalue weighted by Gasteiger charge is 2.27. The zero-order valence-electron chi connectivity index (χ0n) is 24.8. The quantitative estimate of drug-likeness (QED) is 0.0785. The number of carbonyl (C=O) groups excluding carboxylic acids is 1. The molecule has 0 aliphatic carbocycles. The number of esters is 1. The summed E-state index contributed by atoms with van der Waals surface area (Å²) < 4.78 is 53.8. The van der Waals surface area contributed by atoms with Crippen LogP contribution < -0.4 is 19.9 Å². The summed E-state index contributed by atoms with van der Waals surface area (Å²) in [5.74, 6) is -5.73. The van der Waals surface area contributed by atoms with Gasteiger partial charge < -0.3 is 34.7 Å². The monoisotopic (exact) mass is 629 g/mol. The van der Waals surface area contributed by atoms with Crippen LogP contribution >= 0.6 is 0 Å². The molecule has 0 fully saturated rings. The molecule has 1 aliphatic rings. The van der Waals surface area contributed by atoms with E-state index in [2.05, 4.69) is 9.98 Å². The summed E-state index contributed by atoms with van der Waals surface area (Å²) in [4.78, 5) is 22.1. The maximum Gasteiger partial charge on any atom is 0.330 e. The highest BCUT2D eigenvalue weighted by Crippen LogP contribution is 2.41. The molecular formula is C33H29F2N5O6. The number of nitrogens with one attached hydrogen (secondary N) is 1. The molecule has 5 rings (SSSR count). The van der Waals surface area contributed by atoms with E-state index in [9.17, 15) is 9.90 Å². The third kappa shape index (κ3) is 7.21. The van der Waals surface area contributed by atoms with Crippen molar-refractivity contribution < 1.29 is 37.6 Å². The lowest BCUT2D eigenvalue weighted by Gasteiger charge is -2.16. The van der Waals surface area contributed by atoms with E-state index in [4.69, 9.17) is 30.1 Å². The van der Waals surface area contributed by atoms with Crippen LogP contribution in [0.2, 0.25) is 0 Å². The average molecular weight is 630 g/mol. The van der Waals surface area contributed by atoms with Gasteiger partial charge in [0.05, 0.1) is 13.2 Å². The SMILES string of the molecule is CCOC(=O)C=Cc1cccc(Oc2c(F)c(Oc3cccc(C4=NCCN4C)c3)nc(Oc3cc(C(=N)N)ccc3O)c2F)c1. The number of hydrogen-bond donors (Lipinski definition) is 3. The molecule has 4 aromatic rings. The maximum absolute atomic E-state index is 16.0. The molecule has 3 aromatic carbocycles. The van der Waals surface area contributed by atoms with Gasteiger partial charge in [0.2, 0.25) is 17.4 Å². The molecule has 0 atom stereocenters. The fourth-order valence-electron chi connectivity index (χ4n) is 4.38. The normalized spacial score (nSPS) is 12.6. The average Bonchev–Trinajstić information content (AvgIpc) is 3.47. The number of hydrogen-bond acceptors (Lipinski definition) is 10. The Morgan fingerprint density at radius 3 is 2.43 bits per heavy atom. The highest BCUT2D eigenvalue weighted by molar-refractivity contribution is 6.00. The summed E-state index contributed by atoms with van der Waals surface area (Å²) in [5.41, 5.74) is 6.92. The minimum Gasteiger partial charge on any atom is -0.504 e. The van der Waals surface area contributed by atoms with Gasteiger partial charge in [0.1, 0.15) is 23.2 Å². The van der Waals surface area contributed by atoms with Gasteiger partial charge in [-0.25, -0.2) is 4.79 Å². The van der Waals surface area contributed by atoms with Crippen molar-refractivity contribution in [3.63, 3.8) is 0 Å². The number of phenols is 1. The molecule has 0 amide bonds. The van der Waals surface area contributed by atoms with Gasteiger partial charge >= 0.3 is 5.97 Å². The van der Waals surface area contributed by atoms with Gasteiger partial charge in [-0.05, 0) is 61.0 Å². The third-order valence-electron chi connectivity index (χ3n) is 6.60. The van der Waals surface area contributed by atoms with Crippen molar-refractivity contribution in [3.05, 3.63) is 101 Å². The van der Waals surface area contributed by atoms with Crippen LogP contribution in [-0.4, -0.2) is 59.4 Å². The number of aromatic hydroxyl groups is 1. The van der Waals surface area contributed by atoms with Crippen LogP contribution in [0.1, 0.15) is 23.6 Å². The molecule has 0 radical (unpaired) electrons. The second kappa shape index (κ2) is 13.8. The van der Waals surface area contributed by atoms with Crippen LogP contribution in [0.5, 0.6) is 40.5 Å². The first-order valence-electron chi connectivity index (χ1n) is 14.0. The first-order chi connectivity index (χ1) is 22.1. The Hall–Kier alpha value is -5.98. The molecule has 0 unspecified atom stereocenters. The summed E-state index contributed by atoms with van der Waals surface area (Å²) >= 11 is 0. The first kappa shape index (κ1) is 31.4. The Labute approximate surface area is 262 Å². The van der Waals surface area contributed by atoms with Crippen molar-refractivity contribution in [3.8, 4) is 40.5 Å². The molecule has 2 heterocycles. The largest absolute Gasteiger partial charge is 0.504 e. The standard InChI is InChI=1S/C33H29F2N5O6/c1-3-43-26(42)13-10-19-6-4-8-22(16-19)44-29-27(34)32(45-23-9-5-7-21(17-23)31-38-14-15-40(31)2)39-33(28(29)35)46-25-18-20(30(36)37)11-12-24(25)41/h4-13,16-18,41H,3,14-15H2,1-2H3,(H3,36,37). The Morgan fingerprint density at radius 1 is 1.02 bits per heavy atom. The molecule has 0 spiro atoms. The number of likely N-dealkylation sites (N-methyl/N-ethyl adjacent to an activating group) is 1. The molecule has 46 heavy (non-hydrogen) atoms. The number of amidine groups is 2. The summed E-state index contributed by atoms with van der Waals surface area (Å²) in [6.07, 6.45) is 2.66. The number of pyridine rings is 1. The van der Waals surface area contributed by atoms with Crippen LogP contribution in [0.15, 0.2) is 77.8 Å². The van der Waals surface area contributed by atoms with E-state index in [1.807, 2.05) is 18.0 Å². The van der Waals surface area contributed by atoms with Gasteiger partial charge in [0.25, 0.3) is 11.8 Å². The molecule has 0 saturated carbocycles. The fraction of sp³-hybridized carbons (Fsp3) is 0.152. The van der Waals surface area contributed by atoms with Crippen molar-refractivity contribution in [2.45, 2.75) is 6.92 Å². The van der Waals surface area contributed by atoms with Gasteiger partial charge in [0.15, 0.2) is 11.5 Å². The molecular weight excluding hydrogens is 600 g/mol. The van der Waals surface area contributed by atoms with Crippen LogP contribution in [-0.2, 0) is 9.53 Å². The molecule has 0 saturated heterocycles. The fourth-order valence-corrected chi connectivity index (χ4v) is 4.38. The van der Waals surface area contributed by atoms with E-state index in [-0.39, 0.29) is 35.3 Å². The van der Waals surface area contributed by atoms with Crippen LogP contribution in [0.25, 0.3) is 6.08 Å². The number of nitrogens with zero attached hydrogens (tertiary/aromatic N) is 3. The van der Waals surface area contributed by atoms with E-state index in [0.717, 1.165) is 12.4 Å². The second-order valence-electron chi connectivity index (χ2n) is 9.89. The lowest BCUT2D eigenvalue weighted by Crippen LogP contribution is -2.23. The Morgan fingerprint density at radius 2 is 1.74 bits per heavy atom. The van der Waals surface area contributed by atoms with Crippen LogP contribution in [0.3, 0.4) is 0 Å². The molecule has 11 nitrogen and oxygen atoms in total. The van der Waals surface area contributed by atoms with Crippen molar-refractivity contribution in [2.75, 3.05) is 26.7 Å². The topological polar surface area (TPSA) is 153 Å². The molecule has 13 heteroatoms. The first-order valence-corrected chi connectivity index (χ1v) is 14.0. The lowest BCUT2D eigenvalue weighted by molar-refractivity contribution is -0.137. The molecule has 4 N–H and O–H groups in total. The van der Waals surface area contributed by atoms with Gasteiger partial charge in [-0.3, -0.25) is 10.4 Å². The number of aromatic nitrogens is 1. The Kier molecular flexibility index (Phi) is 9.41. The summed E-state index contributed by atoms with van der Waals surface area (Å²) in [7, 11) is 1.89. The number of nitrogen functional groups attached to an aromatic ring is 1. The predicted molar refractivity (Wildman–Crippen MR) is 166 cm³/mol. The number of benzene rings is 3. The van der Waals surface area contributed by atoms with Crippen LogP contribution in [0, 0.1) is 17.0 Å². The van der Waals surface area contributed by atoms with E-state index in [0.29, 0.717) is 17.7 Å². The van der Waals surface area contributed by atoms with E-state index >= 15 is 8.78 Å². The summed E-state index contributed by atoms with van der Waals surface area (Å²) in [5, 5.41) is 18.0. The number of phenolic OH excluding ortho intramolecular Hbond substituents is 1. The van der Waals surface area contributed by atoms with Gasteiger partial charge in [-0.1, -0.05) is 24.3 Å². The number of nitrogens with two attached hydrogens (primary N) is 1. The number of halogens is 2. The smallest absolute Gasteiger partial charge is 0.330 e. The molecule has 1 aromatic heterocycles. The third-order valence-corrected chi connectivity index (χ3v) is 6.60. The van der Waals surface area contributed by atoms with E-state index in [1.54, 1.807) is 37.3 Å². The van der Waals surface area contributed by atoms with Crippen molar-refractivity contribution in [1.29, 1.82) is 5.41 Å². The number of carbonyl (C=O) groups is 1. The molecule has 1 aliphatic heterocycles. The predicted octanol–water partition coefficient (Wildman–Crippen LogP) is 5.99. The maximum atomic E-state index is 16.0. The van der Waals surface area contributed by atoms with E-state index < -0.39 is 40.9 Å². The zero-order valence-corrected chi connectivity index (χ0v) is 24.8. The highest BCUT2D eigenvalue weighted by atomic mass is 19.1.